The highest BCUT2D eigenvalue weighted by Gasteiger charge is 2.30. The lowest BCUT2D eigenvalue weighted by Gasteiger charge is -2.25. The summed E-state index contributed by atoms with van der Waals surface area (Å²) in [6.07, 6.45) is 5.69. The molecule has 0 unspecified atom stereocenters. The molecule has 1 saturated heterocycles. The average molecular weight is 379 g/mol. The molecule has 2 aromatic rings. The van der Waals surface area contributed by atoms with Gasteiger partial charge in [-0.25, -0.2) is 5.43 Å². The molecule has 28 heavy (non-hydrogen) atoms. The normalized spacial score (nSPS) is 18.0. The van der Waals surface area contributed by atoms with Gasteiger partial charge in [-0.1, -0.05) is 18.2 Å². The molecule has 0 spiro atoms. The molecule has 146 valence electrons. The molecule has 2 heterocycles. The van der Waals surface area contributed by atoms with E-state index in [0.717, 1.165) is 67.8 Å². The summed E-state index contributed by atoms with van der Waals surface area (Å²) in [5.41, 5.74) is 5.72. The van der Waals surface area contributed by atoms with Crippen molar-refractivity contribution < 1.29 is 14.0 Å². The largest absolute Gasteiger partial charge is 0.455 e. The van der Waals surface area contributed by atoms with Gasteiger partial charge in [0.25, 0.3) is 11.8 Å². The Morgan fingerprint density at radius 3 is 2.54 bits per heavy atom. The minimum atomic E-state index is -0.244. The molecule has 6 heteroatoms. The fraction of sp³-hybridized carbons (Fsp3) is 0.409. The van der Waals surface area contributed by atoms with Gasteiger partial charge < -0.3 is 9.32 Å². The highest BCUT2D eigenvalue weighted by atomic mass is 16.4. The van der Waals surface area contributed by atoms with Crippen LogP contribution < -0.4 is 5.43 Å². The van der Waals surface area contributed by atoms with Gasteiger partial charge in [0.1, 0.15) is 5.76 Å². The van der Waals surface area contributed by atoms with Crippen LogP contribution in [0.5, 0.6) is 0 Å². The summed E-state index contributed by atoms with van der Waals surface area (Å²) >= 11 is 0. The molecule has 0 bridgehead atoms. The Hall–Kier alpha value is -2.89. The lowest BCUT2D eigenvalue weighted by molar-refractivity contribution is 0.0689. The van der Waals surface area contributed by atoms with Crippen LogP contribution in [0.1, 0.15) is 69.9 Å². The van der Waals surface area contributed by atoms with Crippen LogP contribution in [0.4, 0.5) is 0 Å². The van der Waals surface area contributed by atoms with Crippen molar-refractivity contribution >= 4 is 17.5 Å². The summed E-state index contributed by atoms with van der Waals surface area (Å²) in [6.45, 7) is 3.49. The van der Waals surface area contributed by atoms with Crippen LogP contribution in [0.2, 0.25) is 0 Å². The van der Waals surface area contributed by atoms with Crippen molar-refractivity contribution in [3.05, 3.63) is 58.5 Å². The number of furan rings is 1. The first-order valence-electron chi connectivity index (χ1n) is 9.99. The number of likely N-dealkylation sites (tertiary alicyclic amines) is 1. The second-order valence-electron chi connectivity index (χ2n) is 7.43. The monoisotopic (exact) mass is 379 g/mol. The maximum absolute atomic E-state index is 12.9. The Morgan fingerprint density at radius 1 is 1.04 bits per heavy atom. The first kappa shape index (κ1) is 18.5. The molecular formula is C22H25N3O3. The highest BCUT2D eigenvalue weighted by molar-refractivity contribution is 6.07. The Kier molecular flexibility index (Phi) is 5.28. The van der Waals surface area contributed by atoms with Gasteiger partial charge in [-0.3, -0.25) is 9.59 Å². The molecule has 1 aromatic carbocycles. The van der Waals surface area contributed by atoms with Crippen LogP contribution in [0, 0.1) is 6.92 Å². The summed E-state index contributed by atoms with van der Waals surface area (Å²) in [4.78, 5) is 27.1. The molecule has 0 radical (unpaired) electrons. The van der Waals surface area contributed by atoms with Gasteiger partial charge in [0.05, 0.1) is 5.71 Å². The third-order valence-corrected chi connectivity index (χ3v) is 5.49. The van der Waals surface area contributed by atoms with Crippen molar-refractivity contribution in [3.63, 3.8) is 0 Å². The van der Waals surface area contributed by atoms with E-state index in [1.165, 1.54) is 6.42 Å². The number of aryl methyl sites for hydroxylation is 1. The Balaban J connectivity index is 1.58. The smallest absolute Gasteiger partial charge is 0.289 e. The van der Waals surface area contributed by atoms with Gasteiger partial charge in [-0.15, -0.1) is 0 Å². The van der Waals surface area contributed by atoms with Crippen LogP contribution in [-0.4, -0.2) is 35.5 Å². The van der Waals surface area contributed by atoms with E-state index in [0.29, 0.717) is 11.3 Å². The number of nitrogens with zero attached hydrogens (tertiary/aromatic N) is 2. The molecule has 2 aliphatic rings. The number of rotatable bonds is 3. The third-order valence-electron chi connectivity index (χ3n) is 5.49. The van der Waals surface area contributed by atoms with Crippen LogP contribution in [0.15, 0.2) is 39.9 Å². The van der Waals surface area contributed by atoms with Crippen molar-refractivity contribution in [1.29, 1.82) is 0 Å². The van der Waals surface area contributed by atoms with Crippen LogP contribution >= 0.6 is 0 Å². The molecule has 1 aliphatic carbocycles. The Labute approximate surface area is 164 Å². The van der Waals surface area contributed by atoms with E-state index in [9.17, 15) is 9.59 Å². The lowest BCUT2D eigenvalue weighted by atomic mass is 9.93. The molecule has 1 aromatic heterocycles. The van der Waals surface area contributed by atoms with Gasteiger partial charge in [0.2, 0.25) is 0 Å². The first-order chi connectivity index (χ1) is 13.6. The van der Waals surface area contributed by atoms with E-state index in [1.54, 1.807) is 12.1 Å². The number of piperidine rings is 1. The number of hydrogen-bond donors (Lipinski definition) is 1. The molecule has 6 nitrogen and oxygen atoms in total. The maximum atomic E-state index is 12.9. The zero-order valence-corrected chi connectivity index (χ0v) is 16.2. The minimum Gasteiger partial charge on any atom is -0.455 e. The van der Waals surface area contributed by atoms with Crippen LogP contribution in [0.3, 0.4) is 0 Å². The number of hydrogen-bond acceptors (Lipinski definition) is 4. The maximum Gasteiger partial charge on any atom is 0.289 e. The predicted octanol–water partition coefficient (Wildman–Crippen LogP) is 3.68. The highest BCUT2D eigenvalue weighted by Crippen LogP contribution is 2.31. The number of nitrogens with one attached hydrogen (secondary N) is 1. The van der Waals surface area contributed by atoms with Gasteiger partial charge in [0.15, 0.2) is 5.76 Å². The summed E-state index contributed by atoms with van der Waals surface area (Å²) in [7, 11) is 0. The topological polar surface area (TPSA) is 74.9 Å². The van der Waals surface area contributed by atoms with E-state index in [-0.39, 0.29) is 11.8 Å². The Bertz CT molecular complexity index is 909. The number of benzene rings is 1. The molecule has 4 rings (SSSR count). The van der Waals surface area contributed by atoms with E-state index >= 15 is 0 Å². The summed E-state index contributed by atoms with van der Waals surface area (Å²) < 4.78 is 5.99. The molecule has 0 atom stereocenters. The van der Waals surface area contributed by atoms with E-state index in [1.807, 2.05) is 30.0 Å². The summed E-state index contributed by atoms with van der Waals surface area (Å²) in [5, 5.41) is 4.38. The number of carbonyl (C=O) groups excluding carboxylic acids is 2. The average Bonchev–Trinajstić information content (AvgIpc) is 3.10. The van der Waals surface area contributed by atoms with Crippen molar-refractivity contribution in [1.82, 2.24) is 10.3 Å². The first-order valence-corrected chi connectivity index (χ1v) is 9.99. The second-order valence-corrected chi connectivity index (χ2v) is 7.43. The van der Waals surface area contributed by atoms with Crippen molar-refractivity contribution in [2.75, 3.05) is 13.1 Å². The molecular weight excluding hydrogens is 354 g/mol. The predicted molar refractivity (Wildman–Crippen MR) is 107 cm³/mol. The molecule has 1 aliphatic heterocycles. The molecule has 1 fully saturated rings. The van der Waals surface area contributed by atoms with E-state index < -0.39 is 0 Å². The van der Waals surface area contributed by atoms with Crippen molar-refractivity contribution in [2.45, 2.75) is 45.4 Å². The fourth-order valence-corrected chi connectivity index (χ4v) is 4.00. The zero-order valence-electron chi connectivity index (χ0n) is 16.2. The van der Waals surface area contributed by atoms with Gasteiger partial charge in [-0.2, -0.15) is 5.10 Å². The quantitative estimate of drug-likeness (QED) is 0.827. The lowest BCUT2D eigenvalue weighted by Crippen LogP contribution is -2.35. The van der Waals surface area contributed by atoms with Gasteiger partial charge in [0, 0.05) is 36.2 Å². The fourth-order valence-electron chi connectivity index (χ4n) is 4.00. The van der Waals surface area contributed by atoms with E-state index in [4.69, 9.17) is 4.42 Å². The standard InChI is InChI=1S/C22H25N3O3/c1-15-19-17(23-24-21(26)16-9-4-2-5-10-16)11-8-12-18(19)28-20(15)22(27)25-13-6-3-7-14-25/h2,4-5,9-10H,3,6-8,11-14H2,1H3,(H,24,26)/b23-17+. The Morgan fingerprint density at radius 2 is 1.79 bits per heavy atom. The summed E-state index contributed by atoms with van der Waals surface area (Å²) in [5.74, 6) is 0.956. The van der Waals surface area contributed by atoms with Crippen LogP contribution in [0.25, 0.3) is 0 Å². The number of hydrazone groups is 1. The van der Waals surface area contributed by atoms with Gasteiger partial charge in [-0.05, 0) is 51.2 Å². The molecule has 2 amide bonds. The second kappa shape index (κ2) is 8.00. The number of carbonyl (C=O) groups is 2. The van der Waals surface area contributed by atoms with Crippen molar-refractivity contribution in [2.24, 2.45) is 5.10 Å². The molecule has 1 N–H and O–H groups in total. The molecule has 0 saturated carbocycles. The van der Waals surface area contributed by atoms with E-state index in [2.05, 4.69) is 10.5 Å². The van der Waals surface area contributed by atoms with Crippen molar-refractivity contribution in [3.8, 4) is 0 Å². The SMILES string of the molecule is Cc1c(C(=O)N2CCCCC2)oc2c1/C(=N/NC(=O)c1ccccc1)CCC2. The number of amides is 2. The zero-order chi connectivity index (χ0) is 19.5. The van der Waals surface area contributed by atoms with Gasteiger partial charge >= 0.3 is 0 Å². The third kappa shape index (κ3) is 3.59. The minimum absolute atomic E-state index is 0.0285. The number of fused-ring (bicyclic) bond motifs is 1. The summed E-state index contributed by atoms with van der Waals surface area (Å²) in [6, 6.07) is 9.01. The van der Waals surface area contributed by atoms with Crippen LogP contribution in [-0.2, 0) is 6.42 Å².